The Morgan fingerprint density at radius 3 is 2.55 bits per heavy atom. The second kappa shape index (κ2) is 9.05. The molecule has 3 aromatic rings. The van der Waals surface area contributed by atoms with Gasteiger partial charge in [-0.05, 0) is 73.8 Å². The Balaban J connectivity index is 1.60. The number of benzene rings is 2. The van der Waals surface area contributed by atoms with E-state index in [-0.39, 0.29) is 23.2 Å². The number of aryl methyl sites for hydroxylation is 1. The molecule has 3 aliphatic rings. The molecular weight excluding hydrogens is 488 g/mol. The van der Waals surface area contributed by atoms with E-state index in [0.29, 0.717) is 30.2 Å². The molecule has 38 heavy (non-hydrogen) atoms. The van der Waals surface area contributed by atoms with Crippen LogP contribution in [-0.2, 0) is 14.3 Å². The molecule has 1 aliphatic heterocycles. The molecule has 2 aromatic carbocycles. The molecule has 198 valence electrons. The summed E-state index contributed by atoms with van der Waals surface area (Å²) in [4.78, 5) is 12.0. The summed E-state index contributed by atoms with van der Waals surface area (Å²) in [5.74, 6) is -1.88. The van der Waals surface area contributed by atoms with Crippen LogP contribution >= 0.6 is 0 Å². The minimum absolute atomic E-state index is 0.00805. The van der Waals surface area contributed by atoms with Gasteiger partial charge in [0.05, 0.1) is 18.5 Å². The van der Waals surface area contributed by atoms with Crippen LogP contribution in [0.5, 0.6) is 0 Å². The van der Waals surface area contributed by atoms with Gasteiger partial charge in [-0.15, -0.1) is 0 Å². The van der Waals surface area contributed by atoms with Gasteiger partial charge in [0, 0.05) is 65.0 Å². The Kier molecular flexibility index (Phi) is 5.90. The summed E-state index contributed by atoms with van der Waals surface area (Å²) >= 11 is 0. The smallest absolute Gasteiger partial charge is 0.308 e. The lowest BCUT2D eigenvalue weighted by Crippen LogP contribution is -2.44. The fourth-order valence-electron chi connectivity index (χ4n) is 6.80. The number of rotatable bonds is 5. The number of hydrogen-bond acceptors (Lipinski definition) is 5. The number of nitrogens with zero attached hydrogens (tertiary/aromatic N) is 1. The highest BCUT2D eigenvalue weighted by molar-refractivity contribution is 6.05. The van der Waals surface area contributed by atoms with Crippen LogP contribution in [0.15, 0.2) is 30.3 Å². The van der Waals surface area contributed by atoms with Gasteiger partial charge in [-0.1, -0.05) is 6.08 Å². The van der Waals surface area contributed by atoms with Crippen molar-refractivity contribution < 1.29 is 23.0 Å². The van der Waals surface area contributed by atoms with E-state index in [4.69, 9.17) is 20.6 Å². The first-order valence-corrected chi connectivity index (χ1v) is 13.1. The second-order valence-electron chi connectivity index (χ2n) is 11.0. The molecule has 1 saturated heterocycles. The van der Waals surface area contributed by atoms with Gasteiger partial charge in [0.2, 0.25) is 0 Å². The van der Waals surface area contributed by atoms with Gasteiger partial charge in [-0.25, -0.2) is 8.78 Å². The second-order valence-corrected chi connectivity index (χ2v) is 11.0. The number of allylic oxidation sites excluding steroid dienone is 2. The third-order valence-corrected chi connectivity index (χ3v) is 8.74. The van der Waals surface area contributed by atoms with Gasteiger partial charge in [-0.2, -0.15) is 0 Å². The third-order valence-electron chi connectivity index (χ3n) is 8.74. The van der Waals surface area contributed by atoms with E-state index in [1.807, 2.05) is 17.6 Å². The monoisotopic (exact) mass is 519 g/mol. The first-order chi connectivity index (χ1) is 18.3. The Bertz CT molecular complexity index is 1510. The minimum Gasteiger partial charge on any atom is -0.469 e. The molecule has 2 fully saturated rings. The first kappa shape index (κ1) is 24.8. The number of anilines is 1. The van der Waals surface area contributed by atoms with E-state index in [1.165, 1.54) is 25.0 Å². The van der Waals surface area contributed by atoms with Crippen molar-refractivity contribution in [2.75, 3.05) is 26.1 Å². The fraction of sp³-hybridized carbons (Fsp3) is 0.400. The maximum Gasteiger partial charge on any atom is 0.308 e. The number of halogens is 2. The van der Waals surface area contributed by atoms with Crippen molar-refractivity contribution in [2.45, 2.75) is 44.9 Å². The Labute approximate surface area is 219 Å². The zero-order valence-electron chi connectivity index (χ0n) is 21.6. The average molecular weight is 520 g/mol. The van der Waals surface area contributed by atoms with Crippen LogP contribution < -0.4 is 5.73 Å². The lowest BCUT2D eigenvalue weighted by Gasteiger charge is -2.51. The number of carbonyl (C=O) groups is 1. The molecule has 2 aliphatic carbocycles. The standard InChI is InChI=1S/C30H31F2N3O3/c1-16-25-24(9-18(15-33)27(16)34)35(21-3-4-22(31)23(32)10-21)28(17-5-7-38-8-6-17)26(25)19-11-30(12-19)13-20(14-30)29(36)37-2/h3-4,9-11,15,17,20,33H,5-8,12-14,34H2,1-2H3. The number of fused-ring (bicyclic) bond motifs is 1. The molecule has 8 heteroatoms. The van der Waals surface area contributed by atoms with E-state index in [1.54, 1.807) is 6.07 Å². The number of methoxy groups -OCH3 is 1. The van der Waals surface area contributed by atoms with Crippen LogP contribution in [0.25, 0.3) is 22.2 Å². The molecule has 1 spiro atoms. The summed E-state index contributed by atoms with van der Waals surface area (Å²) in [7, 11) is 1.43. The Hall–Kier alpha value is -3.52. The molecule has 2 heterocycles. The zero-order chi connectivity index (χ0) is 26.8. The summed E-state index contributed by atoms with van der Waals surface area (Å²) in [6.45, 7) is 3.21. The molecule has 0 atom stereocenters. The van der Waals surface area contributed by atoms with Crippen molar-refractivity contribution in [3.63, 3.8) is 0 Å². The summed E-state index contributed by atoms with van der Waals surface area (Å²) in [6, 6.07) is 5.87. The predicted octanol–water partition coefficient (Wildman–Crippen LogP) is 6.05. The topological polar surface area (TPSA) is 90.3 Å². The average Bonchev–Trinajstić information content (AvgIpc) is 3.21. The van der Waals surface area contributed by atoms with Crippen molar-refractivity contribution in [3.8, 4) is 5.69 Å². The summed E-state index contributed by atoms with van der Waals surface area (Å²) in [5, 5.41) is 8.92. The van der Waals surface area contributed by atoms with Crippen LogP contribution in [0.3, 0.4) is 0 Å². The van der Waals surface area contributed by atoms with Crippen molar-refractivity contribution in [2.24, 2.45) is 11.3 Å². The number of carbonyl (C=O) groups excluding carboxylic acids is 1. The van der Waals surface area contributed by atoms with Crippen molar-refractivity contribution in [1.29, 1.82) is 5.41 Å². The summed E-state index contributed by atoms with van der Waals surface area (Å²) in [5.41, 5.74) is 13.2. The number of esters is 1. The summed E-state index contributed by atoms with van der Waals surface area (Å²) in [6.07, 6.45) is 7.52. The molecule has 6 nitrogen and oxygen atoms in total. The highest BCUT2D eigenvalue weighted by Gasteiger charge is 2.52. The first-order valence-electron chi connectivity index (χ1n) is 13.1. The number of nitrogens with one attached hydrogen (secondary N) is 1. The summed E-state index contributed by atoms with van der Waals surface area (Å²) < 4.78 is 41.2. The maximum atomic E-state index is 14.5. The number of nitrogen functional groups attached to an aromatic ring is 1. The van der Waals surface area contributed by atoms with Gasteiger partial charge in [0.1, 0.15) is 0 Å². The highest BCUT2D eigenvalue weighted by Crippen LogP contribution is 2.61. The lowest BCUT2D eigenvalue weighted by molar-refractivity contribution is -0.152. The Morgan fingerprint density at radius 1 is 1.21 bits per heavy atom. The van der Waals surface area contributed by atoms with Crippen LogP contribution in [-0.4, -0.2) is 37.1 Å². The van der Waals surface area contributed by atoms with Crippen LogP contribution in [0.4, 0.5) is 14.5 Å². The van der Waals surface area contributed by atoms with Crippen molar-refractivity contribution >= 4 is 34.3 Å². The van der Waals surface area contributed by atoms with Crippen LogP contribution in [0, 0.1) is 35.3 Å². The molecule has 1 aromatic heterocycles. The normalized spacial score (nSPS) is 23.2. The third kappa shape index (κ3) is 3.68. The molecular formula is C30H31F2N3O3. The van der Waals surface area contributed by atoms with Crippen LogP contribution in [0.2, 0.25) is 0 Å². The van der Waals surface area contributed by atoms with E-state index in [0.717, 1.165) is 65.9 Å². The Morgan fingerprint density at radius 2 is 1.92 bits per heavy atom. The van der Waals surface area contributed by atoms with Gasteiger partial charge < -0.3 is 25.2 Å². The van der Waals surface area contributed by atoms with Crippen LogP contribution in [0.1, 0.15) is 60.4 Å². The molecule has 6 rings (SSSR count). The lowest BCUT2D eigenvalue weighted by atomic mass is 9.52. The molecule has 0 bridgehead atoms. The molecule has 0 unspecified atom stereocenters. The van der Waals surface area contributed by atoms with Gasteiger partial charge in [0.25, 0.3) is 0 Å². The van der Waals surface area contributed by atoms with Gasteiger partial charge in [0.15, 0.2) is 11.6 Å². The van der Waals surface area contributed by atoms with E-state index >= 15 is 0 Å². The van der Waals surface area contributed by atoms with Crippen molar-refractivity contribution in [3.05, 3.63) is 64.4 Å². The quantitative estimate of drug-likeness (QED) is 0.244. The number of nitrogens with two attached hydrogens (primary N) is 1. The predicted molar refractivity (Wildman–Crippen MR) is 143 cm³/mol. The minimum atomic E-state index is -0.909. The fourth-order valence-corrected chi connectivity index (χ4v) is 6.80. The molecule has 3 N–H and O–H groups in total. The molecule has 0 radical (unpaired) electrons. The molecule has 0 amide bonds. The molecule has 1 saturated carbocycles. The number of aromatic nitrogens is 1. The van der Waals surface area contributed by atoms with E-state index in [2.05, 4.69) is 6.08 Å². The largest absolute Gasteiger partial charge is 0.469 e. The van der Waals surface area contributed by atoms with E-state index < -0.39 is 11.6 Å². The number of ether oxygens (including phenoxy) is 2. The maximum absolute atomic E-state index is 14.5. The van der Waals surface area contributed by atoms with E-state index in [9.17, 15) is 13.6 Å². The number of hydrogen-bond donors (Lipinski definition) is 2. The zero-order valence-corrected chi connectivity index (χ0v) is 21.6. The highest BCUT2D eigenvalue weighted by atomic mass is 19.2. The van der Waals surface area contributed by atoms with Gasteiger partial charge in [-0.3, -0.25) is 4.79 Å². The van der Waals surface area contributed by atoms with Gasteiger partial charge >= 0.3 is 5.97 Å². The SMILES string of the molecule is COC(=O)C1CC2(C=C(c3c(C4CCOCC4)n(-c4ccc(F)c(F)c4)c4cc(C=N)c(N)c(C)c34)C2)C1. The van der Waals surface area contributed by atoms with Crippen molar-refractivity contribution in [1.82, 2.24) is 4.57 Å².